The number of hydrogen-bond acceptors (Lipinski definition) is 3. The Bertz CT molecular complexity index is 692. The van der Waals surface area contributed by atoms with E-state index in [4.69, 9.17) is 16.3 Å². The van der Waals surface area contributed by atoms with Gasteiger partial charge in [0.05, 0.1) is 7.11 Å². The van der Waals surface area contributed by atoms with Crippen molar-refractivity contribution in [2.45, 2.75) is 25.8 Å². The number of ether oxygens (including phenoxy) is 1. The Morgan fingerprint density at radius 1 is 1.17 bits per heavy atom. The van der Waals surface area contributed by atoms with Gasteiger partial charge in [0.15, 0.2) is 5.54 Å². The van der Waals surface area contributed by atoms with Gasteiger partial charge in [-0.1, -0.05) is 53.6 Å². The van der Waals surface area contributed by atoms with Crippen molar-refractivity contribution in [3.8, 4) is 0 Å². The van der Waals surface area contributed by atoms with Crippen molar-refractivity contribution in [2.75, 3.05) is 7.11 Å². The maximum atomic E-state index is 12.2. The number of aryl methyl sites for hydroxylation is 1. The van der Waals surface area contributed by atoms with Crippen LogP contribution in [0.5, 0.6) is 0 Å². The fraction of sp³-hybridized carbons (Fsp3) is 0.263. The van der Waals surface area contributed by atoms with Crippen LogP contribution >= 0.6 is 11.6 Å². The van der Waals surface area contributed by atoms with Crippen LogP contribution in [0.2, 0.25) is 5.02 Å². The van der Waals surface area contributed by atoms with Crippen LogP contribution in [-0.2, 0) is 16.0 Å². The minimum absolute atomic E-state index is 0.358. The zero-order valence-electron chi connectivity index (χ0n) is 13.5. The van der Waals surface area contributed by atoms with Gasteiger partial charge in [-0.2, -0.15) is 0 Å². The summed E-state index contributed by atoms with van der Waals surface area (Å²) in [5, 5.41) is 0.664. The Labute approximate surface area is 142 Å². The number of carbonyl (C=O) groups is 1. The number of aliphatic imine (C=N–C) groups is 1. The quantitative estimate of drug-likeness (QED) is 0.608. The predicted molar refractivity (Wildman–Crippen MR) is 94.4 cm³/mol. The highest BCUT2D eigenvalue weighted by Gasteiger charge is 2.33. The summed E-state index contributed by atoms with van der Waals surface area (Å²) in [6.45, 7) is 3.81. The average molecular weight is 330 g/mol. The lowest BCUT2D eigenvalue weighted by Gasteiger charge is -2.22. The second-order valence-electron chi connectivity index (χ2n) is 5.74. The molecule has 0 amide bonds. The standard InChI is InChI=1S/C19H20ClNO2/c1-14-4-6-15(7-5-14)12-19(2,18(22)23-3)21-13-16-8-10-17(20)11-9-16/h4-11,13H,12H2,1-3H3/b21-13+/t19-/m0/s1. The van der Waals surface area contributed by atoms with E-state index in [1.54, 1.807) is 25.3 Å². The van der Waals surface area contributed by atoms with Crippen LogP contribution in [0.4, 0.5) is 0 Å². The van der Waals surface area contributed by atoms with Gasteiger partial charge in [0.2, 0.25) is 0 Å². The highest BCUT2D eigenvalue weighted by atomic mass is 35.5. The minimum atomic E-state index is -0.969. The first-order chi connectivity index (χ1) is 10.9. The van der Waals surface area contributed by atoms with Gasteiger partial charge in [0.25, 0.3) is 0 Å². The summed E-state index contributed by atoms with van der Waals surface area (Å²) in [6, 6.07) is 15.4. The monoisotopic (exact) mass is 329 g/mol. The van der Waals surface area contributed by atoms with Crippen molar-refractivity contribution in [2.24, 2.45) is 4.99 Å². The van der Waals surface area contributed by atoms with E-state index in [1.165, 1.54) is 12.7 Å². The van der Waals surface area contributed by atoms with E-state index in [0.717, 1.165) is 11.1 Å². The molecule has 0 N–H and O–H groups in total. The Kier molecular flexibility index (Phi) is 5.56. The number of rotatable bonds is 5. The molecule has 3 nitrogen and oxygen atoms in total. The van der Waals surface area contributed by atoms with E-state index >= 15 is 0 Å². The number of halogens is 1. The van der Waals surface area contributed by atoms with Crippen LogP contribution in [0.25, 0.3) is 0 Å². The van der Waals surface area contributed by atoms with Crippen molar-refractivity contribution in [3.05, 3.63) is 70.2 Å². The molecule has 0 bridgehead atoms. The van der Waals surface area contributed by atoms with E-state index in [2.05, 4.69) is 4.99 Å². The van der Waals surface area contributed by atoms with E-state index < -0.39 is 5.54 Å². The molecule has 2 aromatic carbocycles. The zero-order chi connectivity index (χ0) is 16.9. The topological polar surface area (TPSA) is 38.7 Å². The highest BCUT2D eigenvalue weighted by molar-refractivity contribution is 6.30. The molecule has 0 aliphatic heterocycles. The predicted octanol–water partition coefficient (Wildman–Crippen LogP) is 4.24. The molecule has 0 aliphatic rings. The molecule has 0 aliphatic carbocycles. The van der Waals surface area contributed by atoms with Crippen LogP contribution in [-0.4, -0.2) is 24.8 Å². The molecule has 2 rings (SSSR count). The maximum Gasteiger partial charge on any atom is 0.333 e. The molecule has 0 saturated heterocycles. The van der Waals surface area contributed by atoms with E-state index in [0.29, 0.717) is 11.4 Å². The fourth-order valence-corrected chi connectivity index (χ4v) is 2.39. The molecule has 4 heteroatoms. The third-order valence-electron chi connectivity index (χ3n) is 3.66. The molecule has 0 saturated carbocycles. The molecule has 2 aromatic rings. The average Bonchev–Trinajstić information content (AvgIpc) is 2.56. The molecular weight excluding hydrogens is 310 g/mol. The lowest BCUT2D eigenvalue weighted by Crippen LogP contribution is -2.37. The molecule has 23 heavy (non-hydrogen) atoms. The van der Waals surface area contributed by atoms with Crippen molar-refractivity contribution in [3.63, 3.8) is 0 Å². The zero-order valence-corrected chi connectivity index (χ0v) is 14.3. The normalized spacial score (nSPS) is 13.7. The SMILES string of the molecule is COC(=O)[C@](C)(Cc1ccc(C)cc1)/N=C/c1ccc(Cl)cc1. The molecule has 0 radical (unpaired) electrons. The third-order valence-corrected chi connectivity index (χ3v) is 3.91. The summed E-state index contributed by atoms with van der Waals surface area (Å²) in [5.74, 6) is -0.358. The summed E-state index contributed by atoms with van der Waals surface area (Å²) in [5.41, 5.74) is 2.13. The summed E-state index contributed by atoms with van der Waals surface area (Å²) >= 11 is 5.88. The van der Waals surface area contributed by atoms with E-state index in [9.17, 15) is 4.79 Å². The number of nitrogens with zero attached hydrogens (tertiary/aromatic N) is 1. The first-order valence-electron chi connectivity index (χ1n) is 7.38. The summed E-state index contributed by atoms with van der Waals surface area (Å²) in [6.07, 6.45) is 2.16. The molecule has 120 valence electrons. The summed E-state index contributed by atoms with van der Waals surface area (Å²) < 4.78 is 4.95. The van der Waals surface area contributed by atoms with Gasteiger partial charge < -0.3 is 4.74 Å². The van der Waals surface area contributed by atoms with Crippen molar-refractivity contribution in [1.82, 2.24) is 0 Å². The molecule has 0 spiro atoms. The van der Waals surface area contributed by atoms with Crippen LogP contribution in [0, 0.1) is 6.92 Å². The fourth-order valence-electron chi connectivity index (χ4n) is 2.26. The largest absolute Gasteiger partial charge is 0.467 e. The second kappa shape index (κ2) is 7.42. The van der Waals surface area contributed by atoms with Crippen LogP contribution in [0.3, 0.4) is 0 Å². The summed E-state index contributed by atoms with van der Waals surface area (Å²) in [7, 11) is 1.38. The van der Waals surface area contributed by atoms with Gasteiger partial charge in [0, 0.05) is 17.7 Å². The molecular formula is C19H20ClNO2. The number of carbonyl (C=O) groups excluding carboxylic acids is 1. The molecule has 1 atom stereocenters. The van der Waals surface area contributed by atoms with Gasteiger partial charge in [-0.05, 0) is 37.1 Å². The van der Waals surface area contributed by atoms with E-state index in [1.807, 2.05) is 43.3 Å². The lowest BCUT2D eigenvalue weighted by molar-refractivity contribution is -0.146. The van der Waals surface area contributed by atoms with Crippen LogP contribution in [0.1, 0.15) is 23.6 Å². The Morgan fingerprint density at radius 2 is 1.78 bits per heavy atom. The van der Waals surface area contributed by atoms with Crippen LogP contribution in [0.15, 0.2) is 53.5 Å². The number of hydrogen-bond donors (Lipinski definition) is 0. The van der Waals surface area contributed by atoms with E-state index in [-0.39, 0.29) is 5.97 Å². The minimum Gasteiger partial charge on any atom is -0.467 e. The Hall–Kier alpha value is -2.13. The molecule has 0 aromatic heterocycles. The Balaban J connectivity index is 2.25. The van der Waals surface area contributed by atoms with Gasteiger partial charge in [-0.25, -0.2) is 4.79 Å². The van der Waals surface area contributed by atoms with Crippen molar-refractivity contribution >= 4 is 23.8 Å². The Morgan fingerprint density at radius 3 is 2.35 bits per heavy atom. The summed E-state index contributed by atoms with van der Waals surface area (Å²) in [4.78, 5) is 16.7. The van der Waals surface area contributed by atoms with Gasteiger partial charge >= 0.3 is 5.97 Å². The number of esters is 1. The molecule has 0 fully saturated rings. The first kappa shape index (κ1) is 17.2. The van der Waals surface area contributed by atoms with Gasteiger partial charge in [-0.15, -0.1) is 0 Å². The second-order valence-corrected chi connectivity index (χ2v) is 6.17. The van der Waals surface area contributed by atoms with Crippen molar-refractivity contribution in [1.29, 1.82) is 0 Å². The maximum absolute atomic E-state index is 12.2. The molecule has 0 unspecified atom stereocenters. The third kappa shape index (κ3) is 4.67. The highest BCUT2D eigenvalue weighted by Crippen LogP contribution is 2.20. The smallest absolute Gasteiger partial charge is 0.333 e. The van der Waals surface area contributed by atoms with Gasteiger partial charge in [0.1, 0.15) is 0 Å². The number of methoxy groups -OCH3 is 1. The lowest BCUT2D eigenvalue weighted by atomic mass is 9.93. The van der Waals surface area contributed by atoms with Crippen molar-refractivity contribution < 1.29 is 9.53 Å². The number of benzene rings is 2. The van der Waals surface area contributed by atoms with Crippen LogP contribution < -0.4 is 0 Å². The van der Waals surface area contributed by atoms with Gasteiger partial charge in [-0.3, -0.25) is 4.99 Å². The first-order valence-corrected chi connectivity index (χ1v) is 7.75. The molecule has 0 heterocycles.